The minimum Gasteiger partial charge on any atom is -0.228 e. The maximum atomic E-state index is 11.9. The average molecular weight is 296 g/mol. The highest BCUT2D eigenvalue weighted by atomic mass is 32.3. The van der Waals surface area contributed by atoms with Crippen molar-refractivity contribution in [1.29, 1.82) is 0 Å². The predicted molar refractivity (Wildman–Crippen MR) is 65.9 cm³/mol. The molecular formula is C9H16N2O5S2. The molecule has 1 heterocycles. The average Bonchev–Trinajstić information content (AvgIpc) is 2.13. The van der Waals surface area contributed by atoms with Gasteiger partial charge in [0, 0.05) is 18.8 Å². The second kappa shape index (κ2) is 5.48. The second-order valence-electron chi connectivity index (χ2n) is 4.51. The van der Waals surface area contributed by atoms with E-state index < -0.39 is 24.9 Å². The number of nitrogens with zero attached hydrogens (tertiary/aromatic N) is 2. The minimum absolute atomic E-state index is 0.175. The van der Waals surface area contributed by atoms with Crippen LogP contribution in [0.1, 0.15) is 19.8 Å². The summed E-state index contributed by atoms with van der Waals surface area (Å²) >= 11 is 0. The highest BCUT2D eigenvalue weighted by Crippen LogP contribution is 2.23. The third-order valence-corrected chi connectivity index (χ3v) is 6.90. The molecule has 0 aromatic rings. The fraction of sp³-hybridized carbons (Fsp3) is 0.889. The number of sulfone groups is 1. The summed E-state index contributed by atoms with van der Waals surface area (Å²) in [6.07, 6.45) is 3.15. The van der Waals surface area contributed by atoms with Gasteiger partial charge in [-0.2, -0.15) is 4.31 Å². The molecule has 0 saturated carbocycles. The van der Waals surface area contributed by atoms with Gasteiger partial charge in [0.25, 0.3) is 0 Å². The van der Waals surface area contributed by atoms with E-state index >= 15 is 0 Å². The van der Waals surface area contributed by atoms with Gasteiger partial charge < -0.3 is 0 Å². The number of carbonyl (C=O) groups excluding carboxylic acids is 1. The van der Waals surface area contributed by atoms with Gasteiger partial charge in [0.1, 0.15) is 0 Å². The zero-order chi connectivity index (χ0) is 14.0. The van der Waals surface area contributed by atoms with E-state index in [1.165, 1.54) is 10.4 Å². The maximum Gasteiger partial charge on any atom is 0.235 e. The summed E-state index contributed by atoms with van der Waals surface area (Å²) < 4.78 is 47.2. The first-order valence-electron chi connectivity index (χ1n) is 5.40. The Morgan fingerprint density at radius 2 is 1.94 bits per heavy atom. The second-order valence-corrected chi connectivity index (χ2v) is 8.94. The van der Waals surface area contributed by atoms with Gasteiger partial charge in [-0.1, -0.05) is 0 Å². The lowest BCUT2D eigenvalue weighted by molar-refractivity contribution is 0.249. The van der Waals surface area contributed by atoms with Crippen LogP contribution in [0.15, 0.2) is 4.99 Å². The lowest BCUT2D eigenvalue weighted by Gasteiger charge is -2.34. The summed E-state index contributed by atoms with van der Waals surface area (Å²) in [7, 11) is -7.42. The molecular weight excluding hydrogens is 280 g/mol. The van der Waals surface area contributed by atoms with Crippen LogP contribution in [0, 0.1) is 0 Å². The summed E-state index contributed by atoms with van der Waals surface area (Å²) in [6.45, 7) is 1.85. The molecule has 0 aliphatic carbocycles. The summed E-state index contributed by atoms with van der Waals surface area (Å²) in [5, 5.41) is -0.883. The maximum absolute atomic E-state index is 11.9. The fourth-order valence-electron chi connectivity index (χ4n) is 2.07. The van der Waals surface area contributed by atoms with E-state index in [2.05, 4.69) is 4.99 Å². The fourth-order valence-corrected chi connectivity index (χ4v) is 5.79. The molecule has 104 valence electrons. The van der Waals surface area contributed by atoms with Crippen LogP contribution < -0.4 is 0 Å². The van der Waals surface area contributed by atoms with E-state index in [1.54, 1.807) is 6.92 Å². The molecule has 0 aromatic carbocycles. The quantitative estimate of drug-likeness (QED) is 0.514. The normalized spacial score (nSPS) is 26.6. The van der Waals surface area contributed by atoms with Gasteiger partial charge in [-0.05, 0) is 19.8 Å². The minimum atomic E-state index is -3.82. The molecule has 0 amide bonds. The number of hydrogen-bond donors (Lipinski definition) is 0. The highest BCUT2D eigenvalue weighted by Gasteiger charge is 2.35. The highest BCUT2D eigenvalue weighted by molar-refractivity contribution is 8.06. The van der Waals surface area contributed by atoms with Crippen LogP contribution in [0.25, 0.3) is 0 Å². The zero-order valence-corrected chi connectivity index (χ0v) is 11.9. The molecule has 2 atom stereocenters. The van der Waals surface area contributed by atoms with Crippen LogP contribution in [0.5, 0.6) is 0 Å². The first-order chi connectivity index (χ1) is 8.15. The zero-order valence-electron chi connectivity index (χ0n) is 10.2. The number of sulfonamides is 1. The summed E-state index contributed by atoms with van der Waals surface area (Å²) in [5.74, 6) is 0. The Hall–Kier alpha value is -0.760. The molecule has 0 spiro atoms. The van der Waals surface area contributed by atoms with Gasteiger partial charge in [-0.25, -0.2) is 26.6 Å². The molecule has 1 aliphatic rings. The smallest absolute Gasteiger partial charge is 0.228 e. The van der Waals surface area contributed by atoms with E-state index in [4.69, 9.17) is 0 Å². The molecule has 0 aromatic heterocycles. The summed E-state index contributed by atoms with van der Waals surface area (Å²) in [5.41, 5.74) is 0. The van der Waals surface area contributed by atoms with Gasteiger partial charge in [-0.3, -0.25) is 0 Å². The van der Waals surface area contributed by atoms with Crippen LogP contribution in [-0.2, 0) is 24.7 Å². The van der Waals surface area contributed by atoms with Crippen molar-refractivity contribution in [2.45, 2.75) is 31.8 Å². The molecule has 2 unspecified atom stereocenters. The molecule has 0 bridgehead atoms. The van der Waals surface area contributed by atoms with Crippen LogP contribution in [0.4, 0.5) is 0 Å². The van der Waals surface area contributed by atoms with Crippen molar-refractivity contribution in [3.63, 3.8) is 0 Å². The van der Waals surface area contributed by atoms with Crippen molar-refractivity contribution in [3.05, 3.63) is 0 Å². The number of rotatable bonds is 4. The Balaban J connectivity index is 2.84. The first-order valence-corrected chi connectivity index (χ1v) is 9.07. The van der Waals surface area contributed by atoms with Crippen LogP contribution in [0.2, 0.25) is 0 Å². The van der Waals surface area contributed by atoms with E-state index in [0.717, 1.165) is 6.26 Å². The summed E-state index contributed by atoms with van der Waals surface area (Å²) in [4.78, 5) is 13.7. The molecule has 1 aliphatic heterocycles. The van der Waals surface area contributed by atoms with Crippen LogP contribution >= 0.6 is 0 Å². The summed E-state index contributed by atoms with van der Waals surface area (Å²) in [6, 6.07) is -0.602. The van der Waals surface area contributed by atoms with Crippen molar-refractivity contribution in [2.75, 3.05) is 17.9 Å². The van der Waals surface area contributed by atoms with Crippen molar-refractivity contribution in [3.8, 4) is 0 Å². The van der Waals surface area contributed by atoms with Gasteiger partial charge in [0.15, 0.2) is 14.9 Å². The number of isocyanates is 1. The Labute approximate surface area is 107 Å². The number of aliphatic imine (C=N–C) groups is 1. The van der Waals surface area contributed by atoms with E-state index in [-0.39, 0.29) is 18.6 Å². The largest absolute Gasteiger partial charge is 0.235 e. The Morgan fingerprint density at radius 1 is 1.33 bits per heavy atom. The van der Waals surface area contributed by atoms with Gasteiger partial charge in [-0.15, -0.1) is 0 Å². The first kappa shape index (κ1) is 15.3. The van der Waals surface area contributed by atoms with Gasteiger partial charge in [0.2, 0.25) is 16.1 Å². The molecule has 1 fully saturated rings. The van der Waals surface area contributed by atoms with E-state index in [9.17, 15) is 21.6 Å². The monoisotopic (exact) mass is 296 g/mol. The Morgan fingerprint density at radius 3 is 2.39 bits per heavy atom. The SMILES string of the molecule is CC1CC(N=C=O)CCN1S(=O)(=O)CS(C)(=O)=O. The molecule has 1 saturated heterocycles. The topological polar surface area (TPSA) is 101 Å². The lowest BCUT2D eigenvalue weighted by Crippen LogP contribution is -2.47. The van der Waals surface area contributed by atoms with E-state index in [0.29, 0.717) is 12.8 Å². The van der Waals surface area contributed by atoms with Crippen LogP contribution in [-0.4, -0.2) is 57.2 Å². The Kier molecular flexibility index (Phi) is 4.66. The number of hydrogen-bond acceptors (Lipinski definition) is 6. The molecule has 0 radical (unpaired) electrons. The van der Waals surface area contributed by atoms with Gasteiger partial charge >= 0.3 is 0 Å². The molecule has 1 rings (SSSR count). The predicted octanol–water partition coefficient (Wildman–Crippen LogP) is -0.493. The third-order valence-electron chi connectivity index (χ3n) is 2.74. The Bertz CT molecular complexity index is 548. The van der Waals surface area contributed by atoms with Crippen molar-refractivity contribution in [1.82, 2.24) is 4.31 Å². The third kappa shape index (κ3) is 4.16. The lowest BCUT2D eigenvalue weighted by atomic mass is 10.0. The van der Waals surface area contributed by atoms with Gasteiger partial charge in [0.05, 0.1) is 6.04 Å². The molecule has 18 heavy (non-hydrogen) atoms. The van der Waals surface area contributed by atoms with E-state index in [1.807, 2.05) is 0 Å². The van der Waals surface area contributed by atoms with Crippen molar-refractivity contribution in [2.24, 2.45) is 4.99 Å². The van der Waals surface area contributed by atoms with Crippen LogP contribution in [0.3, 0.4) is 0 Å². The number of piperidine rings is 1. The molecule has 9 heteroatoms. The molecule has 0 N–H and O–H groups in total. The standard InChI is InChI=1S/C9H16N2O5S2/c1-8-5-9(10-6-12)3-4-11(8)18(15,16)7-17(2,13)14/h8-9H,3-5,7H2,1-2H3. The molecule has 7 nitrogen and oxygen atoms in total. The van der Waals surface area contributed by atoms with Crippen molar-refractivity contribution >= 4 is 25.9 Å². The van der Waals surface area contributed by atoms with Crippen molar-refractivity contribution < 1.29 is 21.6 Å².